The third-order valence-corrected chi connectivity index (χ3v) is 2.18. The zero-order valence-electron chi connectivity index (χ0n) is 8.77. The molecule has 0 aromatic carbocycles. The Hall–Kier alpha value is -0.570. The quantitative estimate of drug-likeness (QED) is 0.682. The maximum absolute atomic E-state index is 11.6. The molecular formula is C9H20N2O. The van der Waals surface area contributed by atoms with Crippen LogP contribution in [0.2, 0.25) is 0 Å². The fourth-order valence-corrected chi connectivity index (χ4v) is 1.33. The molecule has 0 radical (unpaired) electrons. The number of hydrogen-bond acceptors (Lipinski definition) is 2. The minimum Gasteiger partial charge on any atom is -0.347 e. The molecule has 1 amide bonds. The highest BCUT2D eigenvalue weighted by molar-refractivity contribution is 5.85. The predicted molar refractivity (Wildman–Crippen MR) is 51.1 cm³/mol. The predicted octanol–water partition coefficient (Wildman–Crippen LogP) is 0.853. The van der Waals surface area contributed by atoms with E-state index in [4.69, 9.17) is 0 Å². The van der Waals surface area contributed by atoms with Gasteiger partial charge in [0, 0.05) is 14.1 Å². The average molecular weight is 172 g/mol. The van der Waals surface area contributed by atoms with Crippen molar-refractivity contribution in [2.75, 3.05) is 21.1 Å². The minimum absolute atomic E-state index is 0.145. The summed E-state index contributed by atoms with van der Waals surface area (Å²) in [6.45, 7) is 4.03. The molecule has 1 N–H and O–H groups in total. The van der Waals surface area contributed by atoms with E-state index in [9.17, 15) is 4.79 Å². The molecule has 0 spiro atoms. The van der Waals surface area contributed by atoms with Crippen LogP contribution in [0.25, 0.3) is 0 Å². The molecule has 0 aliphatic heterocycles. The van der Waals surface area contributed by atoms with E-state index in [0.717, 1.165) is 12.8 Å². The van der Waals surface area contributed by atoms with Crippen LogP contribution in [0.15, 0.2) is 0 Å². The molecule has 3 heteroatoms. The standard InChI is InChI=1S/C9H20N2O/c1-6-7-9(2,10-3)8(12)11(4)5/h10H,6-7H2,1-5H3. The molecule has 0 saturated carbocycles. The molecule has 0 aliphatic rings. The molecule has 0 rings (SSSR count). The lowest BCUT2D eigenvalue weighted by Crippen LogP contribution is -2.52. The van der Waals surface area contributed by atoms with Gasteiger partial charge in [0.15, 0.2) is 0 Å². The van der Waals surface area contributed by atoms with E-state index in [1.165, 1.54) is 0 Å². The summed E-state index contributed by atoms with van der Waals surface area (Å²) in [6, 6.07) is 0. The molecule has 0 aliphatic carbocycles. The Kier molecular flexibility index (Phi) is 4.24. The van der Waals surface area contributed by atoms with Crippen LogP contribution in [0.3, 0.4) is 0 Å². The highest BCUT2D eigenvalue weighted by atomic mass is 16.2. The molecule has 0 aromatic heterocycles. The van der Waals surface area contributed by atoms with Gasteiger partial charge < -0.3 is 10.2 Å². The zero-order chi connectivity index (χ0) is 9.78. The molecule has 3 nitrogen and oxygen atoms in total. The van der Waals surface area contributed by atoms with Gasteiger partial charge in [-0.2, -0.15) is 0 Å². The number of rotatable bonds is 4. The molecular weight excluding hydrogens is 152 g/mol. The Bertz CT molecular complexity index is 157. The van der Waals surface area contributed by atoms with Crippen LogP contribution < -0.4 is 5.32 Å². The maximum atomic E-state index is 11.6. The molecule has 12 heavy (non-hydrogen) atoms. The molecule has 1 unspecified atom stereocenters. The molecule has 0 bridgehead atoms. The summed E-state index contributed by atoms with van der Waals surface area (Å²) in [4.78, 5) is 13.3. The highest BCUT2D eigenvalue weighted by Gasteiger charge is 2.31. The summed E-state index contributed by atoms with van der Waals surface area (Å²) in [5.74, 6) is 0.145. The topological polar surface area (TPSA) is 32.3 Å². The monoisotopic (exact) mass is 172 g/mol. The van der Waals surface area contributed by atoms with Crippen molar-refractivity contribution < 1.29 is 4.79 Å². The summed E-state index contributed by atoms with van der Waals surface area (Å²) in [5, 5.41) is 3.07. The second kappa shape index (κ2) is 4.45. The lowest BCUT2D eigenvalue weighted by Gasteiger charge is -2.30. The Balaban J connectivity index is 4.40. The van der Waals surface area contributed by atoms with Crippen LogP contribution in [-0.4, -0.2) is 37.5 Å². The first kappa shape index (κ1) is 11.4. The second-order valence-corrected chi connectivity index (χ2v) is 3.53. The van der Waals surface area contributed by atoms with Crippen LogP contribution >= 0.6 is 0 Å². The highest BCUT2D eigenvalue weighted by Crippen LogP contribution is 2.13. The van der Waals surface area contributed by atoms with Crippen molar-refractivity contribution in [2.45, 2.75) is 32.2 Å². The second-order valence-electron chi connectivity index (χ2n) is 3.53. The van der Waals surface area contributed by atoms with Gasteiger partial charge in [0.05, 0.1) is 5.54 Å². The van der Waals surface area contributed by atoms with E-state index in [1.807, 2.05) is 14.0 Å². The van der Waals surface area contributed by atoms with Gasteiger partial charge in [-0.15, -0.1) is 0 Å². The van der Waals surface area contributed by atoms with Crippen molar-refractivity contribution in [1.29, 1.82) is 0 Å². The smallest absolute Gasteiger partial charge is 0.242 e. The summed E-state index contributed by atoms with van der Waals surface area (Å²) in [6.07, 6.45) is 1.89. The largest absolute Gasteiger partial charge is 0.347 e. The fourth-order valence-electron chi connectivity index (χ4n) is 1.33. The molecule has 0 heterocycles. The van der Waals surface area contributed by atoms with Crippen molar-refractivity contribution >= 4 is 5.91 Å². The summed E-state index contributed by atoms with van der Waals surface area (Å²) < 4.78 is 0. The van der Waals surface area contributed by atoms with Crippen LogP contribution in [-0.2, 0) is 4.79 Å². The number of nitrogens with one attached hydrogen (secondary N) is 1. The van der Waals surface area contributed by atoms with Crippen molar-refractivity contribution in [2.24, 2.45) is 0 Å². The Morgan fingerprint density at radius 2 is 2.00 bits per heavy atom. The van der Waals surface area contributed by atoms with E-state index in [-0.39, 0.29) is 5.91 Å². The van der Waals surface area contributed by atoms with E-state index in [2.05, 4.69) is 12.2 Å². The van der Waals surface area contributed by atoms with E-state index in [0.29, 0.717) is 0 Å². The Morgan fingerprint density at radius 3 is 2.25 bits per heavy atom. The Labute approximate surface area is 75.1 Å². The van der Waals surface area contributed by atoms with Gasteiger partial charge in [-0.3, -0.25) is 4.79 Å². The van der Waals surface area contributed by atoms with E-state index in [1.54, 1.807) is 19.0 Å². The molecule has 0 aromatic rings. The van der Waals surface area contributed by atoms with Gasteiger partial charge >= 0.3 is 0 Å². The van der Waals surface area contributed by atoms with Gasteiger partial charge in [0.2, 0.25) is 5.91 Å². The average Bonchev–Trinajstić information content (AvgIpc) is 2.03. The van der Waals surface area contributed by atoms with Gasteiger partial charge in [-0.1, -0.05) is 13.3 Å². The summed E-state index contributed by atoms with van der Waals surface area (Å²) >= 11 is 0. The van der Waals surface area contributed by atoms with Crippen molar-refractivity contribution in [3.05, 3.63) is 0 Å². The lowest BCUT2D eigenvalue weighted by atomic mass is 9.95. The first-order valence-electron chi connectivity index (χ1n) is 4.38. The lowest BCUT2D eigenvalue weighted by molar-refractivity contribution is -0.135. The van der Waals surface area contributed by atoms with Crippen LogP contribution in [0.1, 0.15) is 26.7 Å². The minimum atomic E-state index is -0.391. The van der Waals surface area contributed by atoms with Crippen LogP contribution in [0.4, 0.5) is 0 Å². The number of nitrogens with zero attached hydrogens (tertiary/aromatic N) is 1. The SMILES string of the molecule is CCCC(C)(NC)C(=O)N(C)C. The number of carbonyl (C=O) groups is 1. The van der Waals surface area contributed by atoms with E-state index >= 15 is 0 Å². The van der Waals surface area contributed by atoms with Crippen LogP contribution in [0.5, 0.6) is 0 Å². The Morgan fingerprint density at radius 1 is 1.50 bits per heavy atom. The molecule has 1 atom stereocenters. The third kappa shape index (κ3) is 2.48. The van der Waals surface area contributed by atoms with Crippen LogP contribution in [0, 0.1) is 0 Å². The molecule has 0 fully saturated rings. The first-order chi connectivity index (χ1) is 5.48. The number of amides is 1. The van der Waals surface area contributed by atoms with E-state index < -0.39 is 5.54 Å². The molecule has 72 valence electrons. The maximum Gasteiger partial charge on any atom is 0.242 e. The van der Waals surface area contributed by atoms with Gasteiger partial charge in [0.25, 0.3) is 0 Å². The zero-order valence-corrected chi connectivity index (χ0v) is 8.77. The van der Waals surface area contributed by atoms with Crippen molar-refractivity contribution in [3.63, 3.8) is 0 Å². The van der Waals surface area contributed by atoms with Gasteiger partial charge in [0.1, 0.15) is 0 Å². The molecule has 0 saturated heterocycles. The van der Waals surface area contributed by atoms with Gasteiger partial charge in [-0.25, -0.2) is 0 Å². The number of likely N-dealkylation sites (N-methyl/N-ethyl adjacent to an activating group) is 2. The number of hydrogen-bond donors (Lipinski definition) is 1. The summed E-state index contributed by atoms with van der Waals surface area (Å²) in [5.41, 5.74) is -0.391. The van der Waals surface area contributed by atoms with Crippen molar-refractivity contribution in [3.8, 4) is 0 Å². The van der Waals surface area contributed by atoms with Gasteiger partial charge in [-0.05, 0) is 20.4 Å². The summed E-state index contributed by atoms with van der Waals surface area (Å²) in [7, 11) is 5.40. The normalized spacial score (nSPS) is 15.4. The third-order valence-electron chi connectivity index (χ3n) is 2.18. The van der Waals surface area contributed by atoms with Crippen molar-refractivity contribution in [1.82, 2.24) is 10.2 Å². The fraction of sp³-hybridized carbons (Fsp3) is 0.889. The number of carbonyl (C=O) groups excluding carboxylic acids is 1. The first-order valence-corrected chi connectivity index (χ1v) is 4.38.